The van der Waals surface area contributed by atoms with Crippen LogP contribution >= 0.6 is 0 Å². The molecule has 4 rings (SSSR count). The van der Waals surface area contributed by atoms with E-state index in [1.165, 1.54) is 27.6 Å². The van der Waals surface area contributed by atoms with Crippen molar-refractivity contribution < 1.29 is 4.74 Å². The first kappa shape index (κ1) is 13.6. The third-order valence-corrected chi connectivity index (χ3v) is 4.21. The normalized spacial score (nSPS) is 10.8. The van der Waals surface area contributed by atoms with Gasteiger partial charge in [-0.3, -0.25) is 0 Å². The minimum absolute atomic E-state index is 0.873. The topological polar surface area (TPSA) is 25.0 Å². The molecule has 4 aromatic rings. The summed E-state index contributed by atoms with van der Waals surface area (Å²) in [5, 5.41) is 1.24. The fraction of sp³-hybridized carbons (Fsp3) is 0.0476. The van der Waals surface area contributed by atoms with E-state index >= 15 is 0 Å². The summed E-state index contributed by atoms with van der Waals surface area (Å²) in [5.74, 6) is 0.873. The molecule has 0 spiro atoms. The van der Waals surface area contributed by atoms with Gasteiger partial charge < -0.3 is 9.72 Å². The lowest BCUT2D eigenvalue weighted by Gasteiger charge is -2.09. The van der Waals surface area contributed by atoms with Gasteiger partial charge in [0.25, 0.3) is 0 Å². The number of hydrogen-bond acceptors (Lipinski definition) is 1. The molecule has 1 heterocycles. The van der Waals surface area contributed by atoms with Gasteiger partial charge in [0.05, 0.1) is 12.6 Å². The van der Waals surface area contributed by atoms with Crippen LogP contribution in [0.5, 0.6) is 5.75 Å². The fourth-order valence-electron chi connectivity index (χ4n) is 3.04. The summed E-state index contributed by atoms with van der Waals surface area (Å²) in [5.41, 5.74) is 6.03. The van der Waals surface area contributed by atoms with E-state index in [0.717, 1.165) is 11.3 Å². The molecule has 2 nitrogen and oxygen atoms in total. The van der Waals surface area contributed by atoms with Crippen LogP contribution in [0.15, 0.2) is 79.0 Å². The average Bonchev–Trinajstić information content (AvgIpc) is 3.11. The number of nitrogens with one attached hydrogen (secondary N) is 1. The summed E-state index contributed by atoms with van der Waals surface area (Å²) in [6.07, 6.45) is 2.00. The summed E-state index contributed by atoms with van der Waals surface area (Å²) >= 11 is 0. The number of fused-ring (bicyclic) bond motifs is 1. The maximum absolute atomic E-state index is 5.25. The second-order valence-corrected chi connectivity index (χ2v) is 5.52. The van der Waals surface area contributed by atoms with Gasteiger partial charge in [0.15, 0.2) is 0 Å². The van der Waals surface area contributed by atoms with Gasteiger partial charge in [0, 0.05) is 17.1 Å². The maximum Gasteiger partial charge on any atom is 0.118 e. The highest BCUT2D eigenvalue weighted by Crippen LogP contribution is 2.35. The highest BCUT2D eigenvalue weighted by atomic mass is 16.5. The van der Waals surface area contributed by atoms with Crippen LogP contribution in [-0.4, -0.2) is 12.1 Å². The zero-order valence-corrected chi connectivity index (χ0v) is 12.9. The maximum atomic E-state index is 5.25. The van der Waals surface area contributed by atoms with E-state index in [1.807, 2.05) is 24.4 Å². The Labute approximate surface area is 135 Å². The van der Waals surface area contributed by atoms with Crippen molar-refractivity contribution in [2.45, 2.75) is 0 Å². The molecule has 0 bridgehead atoms. The predicted molar refractivity (Wildman–Crippen MR) is 95.7 cm³/mol. The van der Waals surface area contributed by atoms with E-state index in [2.05, 4.69) is 59.6 Å². The molecule has 1 N–H and O–H groups in total. The SMILES string of the molecule is COc1ccc(-c2ccc(-c3ccccc3)c3cc[nH]c23)cc1. The Morgan fingerprint density at radius 2 is 1.39 bits per heavy atom. The second-order valence-electron chi connectivity index (χ2n) is 5.52. The van der Waals surface area contributed by atoms with E-state index in [0.29, 0.717) is 0 Å². The Bertz CT molecular complexity index is 937. The van der Waals surface area contributed by atoms with Crippen LogP contribution in [0.2, 0.25) is 0 Å². The molecule has 0 saturated heterocycles. The Kier molecular flexibility index (Phi) is 3.35. The third kappa shape index (κ3) is 2.38. The lowest BCUT2D eigenvalue weighted by Crippen LogP contribution is -1.86. The standard InChI is InChI=1S/C21H17NO/c1-23-17-9-7-16(8-10-17)19-12-11-18(15-5-3-2-4-6-15)20-13-14-22-21(19)20/h2-14,22H,1H3. The van der Waals surface area contributed by atoms with Crippen LogP contribution in [-0.2, 0) is 0 Å². The van der Waals surface area contributed by atoms with Gasteiger partial charge in [0.1, 0.15) is 5.75 Å². The molecule has 0 radical (unpaired) electrons. The Hall–Kier alpha value is -3.00. The van der Waals surface area contributed by atoms with Gasteiger partial charge in [-0.1, -0.05) is 54.6 Å². The van der Waals surface area contributed by atoms with Crippen LogP contribution in [0, 0.1) is 0 Å². The largest absolute Gasteiger partial charge is 0.497 e. The first-order chi connectivity index (χ1) is 11.4. The number of methoxy groups -OCH3 is 1. The first-order valence-electron chi connectivity index (χ1n) is 7.67. The Balaban J connectivity index is 1.88. The molecule has 2 heteroatoms. The number of aromatic amines is 1. The number of hydrogen-bond donors (Lipinski definition) is 1. The van der Waals surface area contributed by atoms with Crippen LogP contribution < -0.4 is 4.74 Å². The van der Waals surface area contributed by atoms with Crippen molar-refractivity contribution in [1.82, 2.24) is 4.98 Å². The molecular formula is C21H17NO. The highest BCUT2D eigenvalue weighted by molar-refractivity contribution is 6.03. The van der Waals surface area contributed by atoms with Gasteiger partial charge in [-0.05, 0) is 34.9 Å². The van der Waals surface area contributed by atoms with Crippen molar-refractivity contribution in [1.29, 1.82) is 0 Å². The molecule has 0 unspecified atom stereocenters. The molecule has 0 saturated carbocycles. The quantitative estimate of drug-likeness (QED) is 0.530. The van der Waals surface area contributed by atoms with Crippen LogP contribution in [0.1, 0.15) is 0 Å². The number of rotatable bonds is 3. The van der Waals surface area contributed by atoms with Gasteiger partial charge in [-0.2, -0.15) is 0 Å². The summed E-state index contributed by atoms with van der Waals surface area (Å²) in [6, 6.07) is 25.2. The lowest BCUT2D eigenvalue weighted by atomic mass is 9.96. The minimum atomic E-state index is 0.873. The van der Waals surface area contributed by atoms with E-state index in [1.54, 1.807) is 7.11 Å². The van der Waals surface area contributed by atoms with Crippen molar-refractivity contribution in [3.63, 3.8) is 0 Å². The molecule has 0 fully saturated rings. The van der Waals surface area contributed by atoms with E-state index in [-0.39, 0.29) is 0 Å². The lowest BCUT2D eigenvalue weighted by molar-refractivity contribution is 0.415. The number of aromatic nitrogens is 1. The number of benzene rings is 3. The third-order valence-electron chi connectivity index (χ3n) is 4.21. The minimum Gasteiger partial charge on any atom is -0.497 e. The molecule has 0 aliphatic carbocycles. The molecule has 112 valence electrons. The zero-order chi connectivity index (χ0) is 15.6. The zero-order valence-electron chi connectivity index (χ0n) is 12.9. The molecule has 0 aliphatic rings. The summed E-state index contributed by atoms with van der Waals surface area (Å²) < 4.78 is 5.25. The molecule has 23 heavy (non-hydrogen) atoms. The molecule has 0 aliphatic heterocycles. The molecular weight excluding hydrogens is 282 g/mol. The first-order valence-corrected chi connectivity index (χ1v) is 7.67. The van der Waals surface area contributed by atoms with Crippen LogP contribution in [0.25, 0.3) is 33.2 Å². The van der Waals surface area contributed by atoms with Crippen molar-refractivity contribution in [3.05, 3.63) is 79.0 Å². The Morgan fingerprint density at radius 3 is 2.13 bits per heavy atom. The van der Waals surface area contributed by atoms with Crippen molar-refractivity contribution in [2.24, 2.45) is 0 Å². The van der Waals surface area contributed by atoms with E-state index < -0.39 is 0 Å². The Morgan fingerprint density at radius 1 is 0.696 bits per heavy atom. The smallest absolute Gasteiger partial charge is 0.118 e. The molecule has 0 amide bonds. The average molecular weight is 299 g/mol. The van der Waals surface area contributed by atoms with E-state index in [9.17, 15) is 0 Å². The van der Waals surface area contributed by atoms with Gasteiger partial charge >= 0.3 is 0 Å². The van der Waals surface area contributed by atoms with Crippen molar-refractivity contribution >= 4 is 10.9 Å². The fourth-order valence-corrected chi connectivity index (χ4v) is 3.04. The van der Waals surface area contributed by atoms with Crippen molar-refractivity contribution in [2.75, 3.05) is 7.11 Å². The van der Waals surface area contributed by atoms with Gasteiger partial charge in [0.2, 0.25) is 0 Å². The molecule has 1 aromatic heterocycles. The number of H-pyrrole nitrogens is 1. The summed E-state index contributed by atoms with van der Waals surface area (Å²) in [4.78, 5) is 3.39. The second kappa shape index (κ2) is 5.65. The van der Waals surface area contributed by atoms with E-state index in [4.69, 9.17) is 4.74 Å². The van der Waals surface area contributed by atoms with Gasteiger partial charge in [-0.25, -0.2) is 0 Å². The van der Waals surface area contributed by atoms with Crippen LogP contribution in [0.4, 0.5) is 0 Å². The van der Waals surface area contributed by atoms with Crippen LogP contribution in [0.3, 0.4) is 0 Å². The monoisotopic (exact) mass is 299 g/mol. The molecule has 3 aromatic carbocycles. The molecule has 0 atom stereocenters. The summed E-state index contributed by atoms with van der Waals surface area (Å²) in [6.45, 7) is 0. The highest BCUT2D eigenvalue weighted by Gasteiger charge is 2.10. The van der Waals surface area contributed by atoms with Crippen molar-refractivity contribution in [3.8, 4) is 28.0 Å². The number of ether oxygens (including phenoxy) is 1. The summed E-state index contributed by atoms with van der Waals surface area (Å²) in [7, 11) is 1.69. The van der Waals surface area contributed by atoms with Gasteiger partial charge in [-0.15, -0.1) is 0 Å². The predicted octanol–water partition coefficient (Wildman–Crippen LogP) is 5.51.